The van der Waals surface area contributed by atoms with Gasteiger partial charge in [-0.3, -0.25) is 4.79 Å². The summed E-state index contributed by atoms with van der Waals surface area (Å²) in [6, 6.07) is 18.1. The number of rotatable bonds is 1. The summed E-state index contributed by atoms with van der Waals surface area (Å²) in [4.78, 5) is 21.7. The zero-order chi connectivity index (χ0) is 24.7. The van der Waals surface area contributed by atoms with Gasteiger partial charge in [-0.05, 0) is 55.8 Å². The molecule has 1 fully saturated rings. The molecule has 0 bridgehead atoms. The number of aliphatic imine (C=N–C) groups is 1. The van der Waals surface area contributed by atoms with Crippen LogP contribution in [0.3, 0.4) is 0 Å². The van der Waals surface area contributed by atoms with E-state index >= 15 is 0 Å². The van der Waals surface area contributed by atoms with Crippen molar-refractivity contribution in [2.45, 2.75) is 26.1 Å². The summed E-state index contributed by atoms with van der Waals surface area (Å²) in [5.41, 5.74) is 1.35. The SMILES string of the molecule is Cc1ccc2c(c1)Oc1ccccc1C(N1CCN(C(=O)c3ccccc3C(F)(F)F)[C@@H](C)C1)=N2. The molecule has 5 nitrogen and oxygen atoms in total. The van der Waals surface area contributed by atoms with Crippen LogP contribution in [0.4, 0.5) is 18.9 Å². The fourth-order valence-electron chi connectivity index (χ4n) is 4.59. The second-order valence-electron chi connectivity index (χ2n) is 8.84. The molecule has 0 unspecified atom stereocenters. The van der Waals surface area contributed by atoms with Gasteiger partial charge in [0.15, 0.2) is 5.75 Å². The minimum absolute atomic E-state index is 0.273. The topological polar surface area (TPSA) is 45.1 Å². The molecule has 3 aromatic carbocycles. The van der Waals surface area contributed by atoms with Crippen molar-refractivity contribution in [3.63, 3.8) is 0 Å². The Morgan fingerprint density at radius 3 is 2.51 bits per heavy atom. The molecule has 2 aliphatic rings. The standard InChI is InChI=1S/C27H24F3N3O2/c1-17-11-12-22-24(15-17)35-23-10-6-4-8-20(23)25(31-22)32-13-14-33(18(2)16-32)26(34)19-7-3-5-9-21(19)27(28,29)30/h3-12,15,18H,13-14,16H2,1-2H3/t18-/m0/s1. The van der Waals surface area contributed by atoms with Gasteiger partial charge in [-0.25, -0.2) is 4.99 Å². The monoisotopic (exact) mass is 479 g/mol. The van der Waals surface area contributed by atoms with E-state index in [2.05, 4.69) is 4.90 Å². The highest BCUT2D eigenvalue weighted by atomic mass is 19.4. The Bertz CT molecular complexity index is 1320. The molecule has 3 aromatic rings. The summed E-state index contributed by atoms with van der Waals surface area (Å²) in [5.74, 6) is 1.45. The van der Waals surface area contributed by atoms with E-state index in [1.165, 1.54) is 23.1 Å². The molecule has 0 aliphatic carbocycles. The van der Waals surface area contributed by atoms with Gasteiger partial charge in [0.2, 0.25) is 0 Å². The molecule has 35 heavy (non-hydrogen) atoms. The number of carbonyl (C=O) groups excluding carboxylic acids is 1. The lowest BCUT2D eigenvalue weighted by Crippen LogP contribution is -2.55. The highest BCUT2D eigenvalue weighted by Gasteiger charge is 2.38. The molecule has 2 heterocycles. The number of aryl methyl sites for hydroxylation is 1. The second kappa shape index (κ2) is 8.76. The quantitative estimate of drug-likeness (QED) is 0.427. The number of alkyl halides is 3. The highest BCUT2D eigenvalue weighted by molar-refractivity contribution is 6.04. The van der Waals surface area contributed by atoms with Crippen LogP contribution < -0.4 is 4.74 Å². The third-order valence-corrected chi connectivity index (χ3v) is 6.34. The lowest BCUT2D eigenvalue weighted by molar-refractivity contribution is -0.138. The maximum atomic E-state index is 13.5. The van der Waals surface area contributed by atoms with Crippen LogP contribution in [0, 0.1) is 6.92 Å². The van der Waals surface area contributed by atoms with Gasteiger partial charge < -0.3 is 14.5 Å². The van der Waals surface area contributed by atoms with Crippen molar-refractivity contribution in [2.75, 3.05) is 19.6 Å². The van der Waals surface area contributed by atoms with Crippen LogP contribution in [-0.4, -0.2) is 47.2 Å². The number of ether oxygens (including phenoxy) is 1. The first-order chi connectivity index (χ1) is 16.7. The first-order valence-corrected chi connectivity index (χ1v) is 11.4. The molecular weight excluding hydrogens is 455 g/mol. The molecule has 2 aliphatic heterocycles. The number of carbonyl (C=O) groups is 1. The molecule has 1 atom stereocenters. The number of para-hydroxylation sites is 1. The van der Waals surface area contributed by atoms with E-state index in [4.69, 9.17) is 9.73 Å². The molecule has 0 radical (unpaired) electrons. The Balaban J connectivity index is 1.45. The fraction of sp³-hybridized carbons (Fsp3) is 0.259. The molecule has 0 saturated carbocycles. The number of nitrogens with zero attached hydrogens (tertiary/aromatic N) is 3. The van der Waals surface area contributed by atoms with Crippen molar-refractivity contribution in [3.8, 4) is 11.5 Å². The van der Waals surface area contributed by atoms with Gasteiger partial charge in [-0.1, -0.05) is 30.3 Å². The minimum Gasteiger partial charge on any atom is -0.454 e. The smallest absolute Gasteiger partial charge is 0.417 e. The van der Waals surface area contributed by atoms with E-state index in [0.717, 1.165) is 23.0 Å². The average molecular weight is 480 g/mol. The van der Waals surface area contributed by atoms with E-state index in [-0.39, 0.29) is 18.2 Å². The third-order valence-electron chi connectivity index (χ3n) is 6.34. The minimum atomic E-state index is -4.60. The summed E-state index contributed by atoms with van der Waals surface area (Å²) in [5, 5.41) is 0. The molecule has 5 rings (SSSR count). The summed E-state index contributed by atoms with van der Waals surface area (Å²) in [6.07, 6.45) is -4.60. The van der Waals surface area contributed by atoms with Gasteiger partial charge in [0.05, 0.1) is 16.7 Å². The first kappa shape index (κ1) is 23.0. The largest absolute Gasteiger partial charge is 0.454 e. The summed E-state index contributed by atoms with van der Waals surface area (Å²) < 4.78 is 46.7. The maximum absolute atomic E-state index is 13.5. The highest BCUT2D eigenvalue weighted by Crippen LogP contribution is 2.39. The van der Waals surface area contributed by atoms with Crippen LogP contribution in [0.5, 0.6) is 11.5 Å². The number of amides is 1. The third kappa shape index (κ3) is 4.36. The molecule has 1 amide bonds. The van der Waals surface area contributed by atoms with E-state index in [9.17, 15) is 18.0 Å². The van der Waals surface area contributed by atoms with Gasteiger partial charge in [0, 0.05) is 25.7 Å². The van der Waals surface area contributed by atoms with Crippen LogP contribution in [0.1, 0.15) is 34.0 Å². The zero-order valence-corrected chi connectivity index (χ0v) is 19.3. The van der Waals surface area contributed by atoms with Gasteiger partial charge in [-0.2, -0.15) is 13.2 Å². The Morgan fingerprint density at radius 2 is 1.74 bits per heavy atom. The van der Waals surface area contributed by atoms with Crippen LogP contribution in [-0.2, 0) is 6.18 Å². The molecule has 1 saturated heterocycles. The molecule has 180 valence electrons. The number of hydrogen-bond donors (Lipinski definition) is 0. The average Bonchev–Trinajstić information content (AvgIpc) is 2.99. The molecular formula is C27H24F3N3O2. The number of halogens is 3. The summed E-state index contributed by atoms with van der Waals surface area (Å²) in [7, 11) is 0. The Morgan fingerprint density at radius 1 is 1.00 bits per heavy atom. The molecule has 0 spiro atoms. The lowest BCUT2D eigenvalue weighted by atomic mass is 10.0. The Labute approximate surface area is 201 Å². The van der Waals surface area contributed by atoms with E-state index in [1.807, 2.05) is 56.3 Å². The number of piperazine rings is 1. The van der Waals surface area contributed by atoms with Gasteiger partial charge in [0.25, 0.3) is 5.91 Å². The number of hydrogen-bond acceptors (Lipinski definition) is 4. The molecule has 0 N–H and O–H groups in total. The van der Waals surface area contributed by atoms with Crippen molar-refractivity contribution in [1.29, 1.82) is 0 Å². The first-order valence-electron chi connectivity index (χ1n) is 11.4. The normalized spacial score (nSPS) is 17.6. The maximum Gasteiger partial charge on any atom is 0.417 e. The van der Waals surface area contributed by atoms with Crippen molar-refractivity contribution < 1.29 is 22.7 Å². The predicted octanol–water partition coefficient (Wildman–Crippen LogP) is 6.04. The fourth-order valence-corrected chi connectivity index (χ4v) is 4.59. The van der Waals surface area contributed by atoms with Crippen molar-refractivity contribution in [3.05, 3.63) is 89.0 Å². The summed E-state index contributed by atoms with van der Waals surface area (Å²) >= 11 is 0. The van der Waals surface area contributed by atoms with Gasteiger partial charge >= 0.3 is 6.18 Å². The zero-order valence-electron chi connectivity index (χ0n) is 19.3. The van der Waals surface area contributed by atoms with Crippen LogP contribution >= 0.6 is 0 Å². The molecule has 0 aromatic heterocycles. The van der Waals surface area contributed by atoms with Crippen molar-refractivity contribution in [2.24, 2.45) is 4.99 Å². The van der Waals surface area contributed by atoms with Crippen molar-refractivity contribution in [1.82, 2.24) is 9.80 Å². The van der Waals surface area contributed by atoms with Crippen LogP contribution in [0.2, 0.25) is 0 Å². The number of fused-ring (bicyclic) bond motifs is 2. The van der Waals surface area contributed by atoms with E-state index in [0.29, 0.717) is 30.3 Å². The number of amidine groups is 1. The number of benzene rings is 3. The predicted molar refractivity (Wildman–Crippen MR) is 127 cm³/mol. The van der Waals surface area contributed by atoms with Crippen molar-refractivity contribution >= 4 is 17.4 Å². The van der Waals surface area contributed by atoms with Gasteiger partial charge in [0.1, 0.15) is 17.3 Å². The van der Waals surface area contributed by atoms with Crippen LogP contribution in [0.25, 0.3) is 0 Å². The van der Waals surface area contributed by atoms with E-state index in [1.54, 1.807) is 0 Å². The summed E-state index contributed by atoms with van der Waals surface area (Å²) in [6.45, 7) is 4.96. The molecule has 8 heteroatoms. The van der Waals surface area contributed by atoms with Gasteiger partial charge in [-0.15, -0.1) is 0 Å². The lowest BCUT2D eigenvalue weighted by Gasteiger charge is -2.41. The Kier molecular flexibility index (Phi) is 5.75. The van der Waals surface area contributed by atoms with E-state index < -0.39 is 17.6 Å². The van der Waals surface area contributed by atoms with Crippen LogP contribution in [0.15, 0.2) is 71.7 Å². The Hall–Kier alpha value is -3.81. The second-order valence-corrected chi connectivity index (χ2v) is 8.84.